The van der Waals surface area contributed by atoms with Gasteiger partial charge in [-0.15, -0.1) is 0 Å². The molecule has 124 valence electrons. The van der Waals surface area contributed by atoms with Crippen LogP contribution < -0.4 is 4.72 Å². The van der Waals surface area contributed by atoms with Crippen LogP contribution in [0.3, 0.4) is 0 Å². The molecule has 0 bridgehead atoms. The zero-order chi connectivity index (χ0) is 16.9. The van der Waals surface area contributed by atoms with E-state index in [2.05, 4.69) is 4.74 Å². The summed E-state index contributed by atoms with van der Waals surface area (Å²) in [4.78, 5) is 11.7. The van der Waals surface area contributed by atoms with Crippen LogP contribution in [0, 0.1) is 11.6 Å². The Balaban J connectivity index is 3.14. The van der Waals surface area contributed by atoms with E-state index in [9.17, 15) is 27.1 Å². The summed E-state index contributed by atoms with van der Waals surface area (Å²) in [6.07, 6.45) is 0.319. The molecule has 0 heterocycles. The van der Waals surface area contributed by atoms with Gasteiger partial charge in [0.1, 0.15) is 17.3 Å². The lowest BCUT2D eigenvalue weighted by molar-refractivity contribution is -0.142. The molecule has 0 saturated carbocycles. The summed E-state index contributed by atoms with van der Waals surface area (Å²) in [5, 5.41) is 7.91. The molecule has 6 nitrogen and oxygen atoms in total. The number of ether oxygens (including phenoxy) is 1. The van der Waals surface area contributed by atoms with E-state index in [1.54, 1.807) is 11.6 Å². The van der Waals surface area contributed by atoms with E-state index >= 15 is 0 Å². The van der Waals surface area contributed by atoms with Gasteiger partial charge in [0.15, 0.2) is 11.1 Å². The maximum Gasteiger partial charge on any atom is 0.326 e. The zero-order valence-electron chi connectivity index (χ0n) is 12.1. The Morgan fingerprint density at radius 2 is 2.00 bits per heavy atom. The molecule has 1 rings (SSSR count). The Hall–Kier alpha value is -1.90. The molecule has 1 aromatic carbocycles. The van der Waals surface area contributed by atoms with Gasteiger partial charge in [0.05, 0.1) is 6.61 Å². The molecule has 0 aliphatic heterocycles. The monoisotopic (exact) mass is 337 g/mol. The summed E-state index contributed by atoms with van der Waals surface area (Å²) in [6.45, 7) is 3.18. The third-order valence-electron chi connectivity index (χ3n) is 2.75. The van der Waals surface area contributed by atoms with Gasteiger partial charge in [-0.2, -0.15) is 0 Å². The van der Waals surface area contributed by atoms with Crippen LogP contribution in [0.15, 0.2) is 12.1 Å². The van der Waals surface area contributed by atoms with Gasteiger partial charge in [0.2, 0.25) is 10.0 Å². The molecule has 0 radical (unpaired) electrons. The smallest absolute Gasteiger partial charge is 0.326 e. The number of rotatable bonds is 7. The molecule has 1 atom stereocenters. The van der Waals surface area contributed by atoms with Gasteiger partial charge < -0.3 is 9.84 Å². The lowest BCUT2D eigenvalue weighted by atomic mass is 10.2. The quantitative estimate of drug-likeness (QED) is 0.587. The highest BCUT2D eigenvalue weighted by Crippen LogP contribution is 2.29. The van der Waals surface area contributed by atoms with E-state index in [1.165, 1.54) is 6.92 Å². The van der Waals surface area contributed by atoms with E-state index in [0.29, 0.717) is 18.6 Å². The average Bonchev–Trinajstić information content (AvgIpc) is 2.40. The molecule has 1 unspecified atom stereocenters. The summed E-state index contributed by atoms with van der Waals surface area (Å²) in [7, 11) is -4.36. The number of carbonyl (C=O) groups excluding carboxylic acids is 1. The molecular formula is C13H17F2NO5S. The van der Waals surface area contributed by atoms with Crippen molar-refractivity contribution >= 4 is 21.7 Å². The minimum absolute atomic E-state index is 0.00920. The number of sulfonamides is 1. The molecule has 0 aliphatic rings. The fourth-order valence-electron chi connectivity index (χ4n) is 1.77. The van der Waals surface area contributed by atoms with E-state index in [4.69, 9.17) is 0 Å². The molecule has 2 N–H and O–H groups in total. The minimum Gasteiger partial charge on any atom is -0.506 e. The molecule has 0 saturated heterocycles. The predicted molar refractivity (Wildman–Crippen MR) is 75.9 cm³/mol. The van der Waals surface area contributed by atoms with E-state index < -0.39 is 44.3 Å². The number of aromatic hydroxyl groups is 1. The van der Waals surface area contributed by atoms with Crippen molar-refractivity contribution < 1.29 is 31.8 Å². The van der Waals surface area contributed by atoms with Crippen LogP contribution in [0.5, 0.6) is 5.75 Å². The number of halogens is 2. The molecule has 0 spiro atoms. The van der Waals surface area contributed by atoms with Crippen LogP contribution in [0.2, 0.25) is 0 Å². The molecule has 9 heteroatoms. The van der Waals surface area contributed by atoms with Gasteiger partial charge in [0, 0.05) is 12.1 Å². The lowest BCUT2D eigenvalue weighted by Crippen LogP contribution is -2.36. The number of hydrogen-bond donors (Lipinski definition) is 2. The number of phenolic OH excluding ortho intramolecular Hbond substituents is 1. The molecule has 0 aromatic heterocycles. The normalized spacial score (nSPS) is 12.7. The highest BCUT2D eigenvalue weighted by atomic mass is 32.2. The van der Waals surface area contributed by atoms with Crippen molar-refractivity contribution in [2.75, 3.05) is 11.3 Å². The third-order valence-corrected chi connectivity index (χ3v) is 4.42. The highest BCUT2D eigenvalue weighted by molar-refractivity contribution is 7.94. The number of anilines is 1. The van der Waals surface area contributed by atoms with Crippen molar-refractivity contribution in [3.63, 3.8) is 0 Å². The van der Waals surface area contributed by atoms with Gasteiger partial charge >= 0.3 is 5.97 Å². The Kier molecular flexibility index (Phi) is 6.10. The molecular weight excluding hydrogens is 320 g/mol. The van der Waals surface area contributed by atoms with Crippen molar-refractivity contribution in [2.45, 2.75) is 31.9 Å². The van der Waals surface area contributed by atoms with Crippen molar-refractivity contribution in [3.8, 4) is 5.75 Å². The van der Waals surface area contributed by atoms with Crippen LogP contribution in [-0.2, 0) is 19.6 Å². The molecule has 22 heavy (non-hydrogen) atoms. The van der Waals surface area contributed by atoms with Crippen LogP contribution in [0.25, 0.3) is 0 Å². The predicted octanol–water partition coefficient (Wildman–Crippen LogP) is 2.14. The molecule has 0 fully saturated rings. The molecule has 1 aromatic rings. The fourth-order valence-corrected chi connectivity index (χ4v) is 3.27. The highest BCUT2D eigenvalue weighted by Gasteiger charge is 2.34. The number of carbonyl (C=O) groups is 1. The van der Waals surface area contributed by atoms with Crippen molar-refractivity contribution in [3.05, 3.63) is 23.8 Å². The molecule has 0 amide bonds. The second-order valence-corrected chi connectivity index (χ2v) is 6.32. The third kappa shape index (κ3) is 4.30. The standard InChI is InChI=1S/C13H17F2NO5S/c1-3-5-11(13(18)21-4-2)22(19,20)16-12-9(15)6-8(14)7-10(12)17/h6-7,11,16-17H,3-5H2,1-2H3. The first-order chi connectivity index (χ1) is 10.2. The maximum absolute atomic E-state index is 13.6. The van der Waals surface area contributed by atoms with Gasteiger partial charge in [-0.25, -0.2) is 17.2 Å². The largest absolute Gasteiger partial charge is 0.506 e. The van der Waals surface area contributed by atoms with Crippen molar-refractivity contribution in [1.29, 1.82) is 0 Å². The van der Waals surface area contributed by atoms with Gasteiger partial charge in [-0.05, 0) is 13.3 Å². The van der Waals surface area contributed by atoms with Gasteiger partial charge in [-0.1, -0.05) is 13.3 Å². The number of hydrogen-bond acceptors (Lipinski definition) is 5. The summed E-state index contributed by atoms with van der Waals surface area (Å²) >= 11 is 0. The maximum atomic E-state index is 13.6. The first kappa shape index (κ1) is 18.1. The summed E-state index contributed by atoms with van der Waals surface area (Å²) in [5.41, 5.74) is -0.813. The Bertz CT molecular complexity index is 625. The van der Waals surface area contributed by atoms with Crippen LogP contribution in [-0.4, -0.2) is 31.4 Å². The summed E-state index contributed by atoms with van der Waals surface area (Å²) < 4.78 is 57.4. The summed E-state index contributed by atoms with van der Waals surface area (Å²) in [6, 6.07) is 0.969. The van der Waals surface area contributed by atoms with E-state index in [0.717, 1.165) is 0 Å². The first-order valence-corrected chi connectivity index (χ1v) is 8.13. The Morgan fingerprint density at radius 3 is 2.50 bits per heavy atom. The first-order valence-electron chi connectivity index (χ1n) is 6.59. The van der Waals surface area contributed by atoms with Crippen LogP contribution in [0.1, 0.15) is 26.7 Å². The lowest BCUT2D eigenvalue weighted by Gasteiger charge is -2.17. The number of phenols is 1. The van der Waals surface area contributed by atoms with Crippen molar-refractivity contribution in [2.24, 2.45) is 0 Å². The number of nitrogens with one attached hydrogen (secondary N) is 1. The average molecular weight is 337 g/mol. The number of benzene rings is 1. The van der Waals surface area contributed by atoms with Crippen molar-refractivity contribution in [1.82, 2.24) is 0 Å². The summed E-state index contributed by atoms with van der Waals surface area (Å²) in [5.74, 6) is -4.24. The minimum atomic E-state index is -4.36. The van der Waals surface area contributed by atoms with Gasteiger partial charge in [-0.3, -0.25) is 9.52 Å². The van der Waals surface area contributed by atoms with Crippen LogP contribution >= 0.6 is 0 Å². The van der Waals surface area contributed by atoms with Gasteiger partial charge in [0.25, 0.3) is 0 Å². The second kappa shape index (κ2) is 7.39. The fraction of sp³-hybridized carbons (Fsp3) is 0.462. The molecule has 0 aliphatic carbocycles. The van der Waals surface area contributed by atoms with E-state index in [-0.39, 0.29) is 13.0 Å². The van der Waals surface area contributed by atoms with Crippen LogP contribution in [0.4, 0.5) is 14.5 Å². The Morgan fingerprint density at radius 1 is 1.36 bits per heavy atom. The SMILES string of the molecule is CCCC(C(=O)OCC)S(=O)(=O)Nc1c(O)cc(F)cc1F. The zero-order valence-corrected chi connectivity index (χ0v) is 12.9. The topological polar surface area (TPSA) is 92.7 Å². The number of esters is 1. The Labute approximate surface area is 127 Å². The van der Waals surface area contributed by atoms with E-state index in [1.807, 2.05) is 0 Å². The second-order valence-electron chi connectivity index (χ2n) is 4.46.